The normalized spacial score (nSPS) is 13.0. The molecule has 0 radical (unpaired) electrons. The van der Waals surface area contributed by atoms with Gasteiger partial charge in [-0.15, -0.1) is 0 Å². The lowest BCUT2D eigenvalue weighted by atomic mass is 10.2. The molecule has 0 saturated carbocycles. The fourth-order valence-electron chi connectivity index (χ4n) is 2.22. The maximum atomic E-state index is 5.30. The maximum Gasteiger partial charge on any atom is 0.157 e. The molecule has 20 heavy (non-hydrogen) atoms. The molecule has 0 spiro atoms. The average Bonchev–Trinajstić information content (AvgIpc) is 2.73. The van der Waals surface area contributed by atoms with Gasteiger partial charge in [-0.25, -0.2) is 4.98 Å². The molecule has 1 atom stereocenters. The van der Waals surface area contributed by atoms with Gasteiger partial charge in [0.15, 0.2) is 5.65 Å². The second-order valence-electron chi connectivity index (χ2n) is 4.87. The topological polar surface area (TPSA) is 61.2 Å². The van der Waals surface area contributed by atoms with Crippen molar-refractivity contribution in [1.29, 1.82) is 0 Å². The molecule has 6 nitrogen and oxygen atoms in total. The lowest BCUT2D eigenvalue weighted by Gasteiger charge is -2.14. The molecule has 0 bridgehead atoms. The van der Waals surface area contributed by atoms with Crippen molar-refractivity contribution in [1.82, 2.24) is 20.1 Å². The molecule has 0 aliphatic rings. The smallest absolute Gasteiger partial charge is 0.157 e. The fraction of sp³-hybridized carbons (Fsp3) is 0.571. The first kappa shape index (κ1) is 14.9. The molecular weight excluding hydrogens is 256 g/mol. The zero-order valence-corrected chi connectivity index (χ0v) is 12.5. The van der Waals surface area contributed by atoms with E-state index in [0.717, 1.165) is 35.4 Å². The Morgan fingerprint density at radius 1 is 1.40 bits per heavy atom. The predicted octanol–water partition coefficient (Wildman–Crippen LogP) is 1.03. The van der Waals surface area contributed by atoms with E-state index in [1.807, 2.05) is 20.2 Å². The molecule has 0 fully saturated rings. The number of hydrogen-bond donors (Lipinski definition) is 1. The molecule has 2 rings (SSSR count). The summed E-state index contributed by atoms with van der Waals surface area (Å²) in [6.07, 6.45) is 1.95. The fourth-order valence-corrected chi connectivity index (χ4v) is 2.22. The Labute approximate surface area is 119 Å². The lowest BCUT2D eigenvalue weighted by molar-refractivity contribution is 0.0288. The van der Waals surface area contributed by atoms with E-state index in [9.17, 15) is 0 Å². The van der Waals surface area contributed by atoms with Crippen LogP contribution in [0.15, 0.2) is 12.3 Å². The number of aromatic nitrogens is 3. The molecule has 2 aromatic heterocycles. The number of ether oxygens (including phenoxy) is 2. The second-order valence-corrected chi connectivity index (χ2v) is 4.87. The number of aryl methyl sites for hydroxylation is 2. The van der Waals surface area contributed by atoms with Gasteiger partial charge in [0.25, 0.3) is 0 Å². The maximum absolute atomic E-state index is 5.30. The summed E-state index contributed by atoms with van der Waals surface area (Å²) in [5, 5.41) is 8.83. The minimum absolute atomic E-state index is 0.0665. The molecule has 0 aliphatic heterocycles. The van der Waals surface area contributed by atoms with Crippen molar-refractivity contribution in [2.24, 2.45) is 7.05 Å². The Morgan fingerprint density at radius 2 is 2.20 bits per heavy atom. The van der Waals surface area contributed by atoms with Gasteiger partial charge in [0.2, 0.25) is 0 Å². The number of hydrogen-bond acceptors (Lipinski definition) is 5. The molecule has 2 aromatic rings. The number of nitrogens with one attached hydrogen (secondary N) is 1. The van der Waals surface area contributed by atoms with Gasteiger partial charge in [0.1, 0.15) is 0 Å². The summed E-state index contributed by atoms with van der Waals surface area (Å²) in [6.45, 7) is 4.08. The zero-order chi connectivity index (χ0) is 14.5. The number of methoxy groups -OCH3 is 2. The largest absolute Gasteiger partial charge is 0.382 e. The van der Waals surface area contributed by atoms with Gasteiger partial charge >= 0.3 is 0 Å². The lowest BCUT2D eigenvalue weighted by Crippen LogP contribution is -2.31. The SMILES string of the molecule is COCC(CNCc1cnc2c(c1)c(C)nn2C)OC. The first-order valence-electron chi connectivity index (χ1n) is 6.66. The number of nitrogens with zero attached hydrogens (tertiary/aromatic N) is 3. The highest BCUT2D eigenvalue weighted by molar-refractivity contribution is 5.78. The van der Waals surface area contributed by atoms with E-state index in [1.165, 1.54) is 0 Å². The van der Waals surface area contributed by atoms with Crippen LogP contribution in [0, 0.1) is 6.92 Å². The Kier molecular flexibility index (Phi) is 5.05. The van der Waals surface area contributed by atoms with Crippen molar-refractivity contribution in [3.63, 3.8) is 0 Å². The molecule has 6 heteroatoms. The molecule has 0 aliphatic carbocycles. The number of rotatable bonds is 7. The molecule has 0 aromatic carbocycles. The third-order valence-electron chi connectivity index (χ3n) is 3.31. The summed E-state index contributed by atoms with van der Waals surface area (Å²) in [4.78, 5) is 4.46. The highest BCUT2D eigenvalue weighted by Crippen LogP contribution is 2.16. The van der Waals surface area contributed by atoms with Crippen LogP contribution in [-0.4, -0.2) is 48.2 Å². The summed E-state index contributed by atoms with van der Waals surface area (Å²) in [7, 11) is 5.28. The molecule has 0 saturated heterocycles. The van der Waals surface area contributed by atoms with Gasteiger partial charge in [-0.2, -0.15) is 5.10 Å². The van der Waals surface area contributed by atoms with Crippen LogP contribution in [-0.2, 0) is 23.1 Å². The van der Waals surface area contributed by atoms with Crippen LogP contribution in [0.1, 0.15) is 11.3 Å². The van der Waals surface area contributed by atoms with Crippen molar-refractivity contribution in [3.8, 4) is 0 Å². The molecule has 110 valence electrons. The first-order valence-corrected chi connectivity index (χ1v) is 6.66. The van der Waals surface area contributed by atoms with Gasteiger partial charge in [-0.3, -0.25) is 4.68 Å². The molecular formula is C14H22N4O2. The predicted molar refractivity (Wildman–Crippen MR) is 77.6 cm³/mol. The van der Waals surface area contributed by atoms with Gasteiger partial charge in [-0.1, -0.05) is 0 Å². The standard InChI is InChI=1S/C14H22N4O2/c1-10-13-5-11(7-16-14(13)18(2)17-10)6-15-8-12(20-4)9-19-3/h5,7,12,15H,6,8-9H2,1-4H3. The number of fused-ring (bicyclic) bond motifs is 1. The van der Waals surface area contributed by atoms with E-state index in [-0.39, 0.29) is 6.10 Å². The van der Waals surface area contributed by atoms with Crippen LogP contribution in [0.3, 0.4) is 0 Å². The van der Waals surface area contributed by atoms with Gasteiger partial charge in [-0.05, 0) is 18.6 Å². The van der Waals surface area contributed by atoms with E-state index in [1.54, 1.807) is 18.9 Å². The van der Waals surface area contributed by atoms with Crippen molar-refractivity contribution in [3.05, 3.63) is 23.5 Å². The van der Waals surface area contributed by atoms with Crippen molar-refractivity contribution in [2.45, 2.75) is 19.6 Å². The number of pyridine rings is 1. The molecule has 0 amide bonds. The monoisotopic (exact) mass is 278 g/mol. The molecule has 1 unspecified atom stereocenters. The highest BCUT2D eigenvalue weighted by Gasteiger charge is 2.08. The van der Waals surface area contributed by atoms with Gasteiger partial charge in [0, 0.05) is 45.9 Å². The Balaban J connectivity index is 1.98. The average molecular weight is 278 g/mol. The van der Waals surface area contributed by atoms with E-state index < -0.39 is 0 Å². The van der Waals surface area contributed by atoms with Crippen LogP contribution >= 0.6 is 0 Å². The molecule has 1 N–H and O–H groups in total. The minimum Gasteiger partial charge on any atom is -0.382 e. The van der Waals surface area contributed by atoms with Crippen LogP contribution < -0.4 is 5.32 Å². The van der Waals surface area contributed by atoms with Crippen LogP contribution in [0.4, 0.5) is 0 Å². The van der Waals surface area contributed by atoms with Gasteiger partial charge < -0.3 is 14.8 Å². The Morgan fingerprint density at radius 3 is 2.90 bits per heavy atom. The summed E-state index contributed by atoms with van der Waals surface area (Å²) < 4.78 is 12.2. The van der Waals surface area contributed by atoms with Crippen molar-refractivity contribution in [2.75, 3.05) is 27.4 Å². The van der Waals surface area contributed by atoms with Crippen LogP contribution in [0.5, 0.6) is 0 Å². The van der Waals surface area contributed by atoms with E-state index >= 15 is 0 Å². The minimum atomic E-state index is 0.0665. The quantitative estimate of drug-likeness (QED) is 0.819. The van der Waals surface area contributed by atoms with E-state index in [4.69, 9.17) is 9.47 Å². The van der Waals surface area contributed by atoms with Crippen molar-refractivity contribution < 1.29 is 9.47 Å². The summed E-state index contributed by atoms with van der Waals surface area (Å²) in [5.74, 6) is 0. The summed E-state index contributed by atoms with van der Waals surface area (Å²) in [6, 6.07) is 2.13. The van der Waals surface area contributed by atoms with Crippen LogP contribution in [0.2, 0.25) is 0 Å². The second kappa shape index (κ2) is 6.78. The summed E-state index contributed by atoms with van der Waals surface area (Å²) in [5.41, 5.74) is 3.06. The van der Waals surface area contributed by atoms with E-state index in [2.05, 4.69) is 21.5 Å². The Bertz CT molecular complexity index is 568. The Hall–Kier alpha value is -1.50. The summed E-state index contributed by atoms with van der Waals surface area (Å²) >= 11 is 0. The first-order chi connectivity index (χ1) is 9.65. The van der Waals surface area contributed by atoms with E-state index in [0.29, 0.717) is 6.61 Å². The van der Waals surface area contributed by atoms with Crippen LogP contribution in [0.25, 0.3) is 11.0 Å². The molecule has 2 heterocycles. The third kappa shape index (κ3) is 3.33. The highest BCUT2D eigenvalue weighted by atomic mass is 16.5. The van der Waals surface area contributed by atoms with Crippen molar-refractivity contribution >= 4 is 11.0 Å². The third-order valence-corrected chi connectivity index (χ3v) is 3.31. The van der Waals surface area contributed by atoms with Gasteiger partial charge in [0.05, 0.1) is 18.4 Å². The zero-order valence-electron chi connectivity index (χ0n) is 12.5.